The number of amides is 2. The Morgan fingerprint density at radius 1 is 0.944 bits per heavy atom. The van der Waals surface area contributed by atoms with Gasteiger partial charge in [-0.2, -0.15) is 0 Å². The van der Waals surface area contributed by atoms with Gasteiger partial charge >= 0.3 is 17.8 Å². The molecule has 94 valence electrons. The summed E-state index contributed by atoms with van der Waals surface area (Å²) in [6.45, 7) is 0. The number of hydrogen-bond acceptors (Lipinski definition) is 3. The summed E-state index contributed by atoms with van der Waals surface area (Å²) >= 11 is 0. The van der Waals surface area contributed by atoms with Crippen molar-refractivity contribution in [3.8, 4) is 0 Å². The molecule has 2 N–H and O–H groups in total. The van der Waals surface area contributed by atoms with E-state index in [4.69, 9.17) is 0 Å². The lowest BCUT2D eigenvalue weighted by atomic mass is 10.3. The Balaban J connectivity index is 2.88. The van der Waals surface area contributed by atoms with E-state index in [0.717, 1.165) is 9.13 Å². The highest BCUT2D eigenvalue weighted by atomic mass is 16.2. The minimum Gasteiger partial charge on any atom is -0.340 e. The normalized spacial score (nSPS) is 10.3. The van der Waals surface area contributed by atoms with Crippen molar-refractivity contribution in [1.82, 2.24) is 19.8 Å². The smallest absolute Gasteiger partial charge is 0.340 e. The zero-order valence-electron chi connectivity index (χ0n) is 9.93. The van der Waals surface area contributed by atoms with Crippen LogP contribution in [0.3, 0.4) is 0 Å². The predicted molar refractivity (Wildman–Crippen MR) is 65.9 cm³/mol. The molecule has 0 unspecified atom stereocenters. The second kappa shape index (κ2) is 4.36. The topological polar surface area (TPSA) is 85.1 Å². The van der Waals surface area contributed by atoms with Gasteiger partial charge in [-0.15, -0.1) is 0 Å². The molecule has 1 aromatic heterocycles. The fourth-order valence-corrected chi connectivity index (χ4v) is 1.76. The van der Waals surface area contributed by atoms with Crippen molar-refractivity contribution in [1.29, 1.82) is 0 Å². The van der Waals surface area contributed by atoms with Crippen LogP contribution >= 0.6 is 0 Å². The molecule has 0 aliphatic carbocycles. The monoisotopic (exact) mass is 248 g/mol. The molecule has 0 atom stereocenters. The summed E-state index contributed by atoms with van der Waals surface area (Å²) in [6, 6.07) is 5.42. The molecule has 2 rings (SSSR count). The fraction of sp³-hybridized carbons (Fsp3) is 0.182. The summed E-state index contributed by atoms with van der Waals surface area (Å²) in [6.07, 6.45) is 0. The average molecular weight is 248 g/mol. The van der Waals surface area contributed by atoms with Crippen LogP contribution in [0.5, 0.6) is 0 Å². The number of para-hydroxylation sites is 2. The molecular weight excluding hydrogens is 236 g/mol. The molecule has 0 radical (unpaired) electrons. The Morgan fingerprint density at radius 3 is 1.67 bits per heavy atom. The first kappa shape index (κ1) is 11.9. The number of nitrogens with one attached hydrogen (secondary N) is 2. The molecule has 0 fully saturated rings. The predicted octanol–water partition coefficient (Wildman–Crippen LogP) is 0.178. The first-order valence-corrected chi connectivity index (χ1v) is 5.28. The van der Waals surface area contributed by atoms with Crippen molar-refractivity contribution in [2.24, 2.45) is 0 Å². The van der Waals surface area contributed by atoms with Gasteiger partial charge in [0.15, 0.2) is 0 Å². The molecule has 0 saturated heterocycles. The number of aromatic nitrogens is 2. The second-order valence-corrected chi connectivity index (χ2v) is 3.55. The maximum Gasteiger partial charge on any atom is 0.345 e. The summed E-state index contributed by atoms with van der Waals surface area (Å²) in [5, 5.41) is 4.73. The molecule has 0 saturated carbocycles. The van der Waals surface area contributed by atoms with Gasteiger partial charge in [0.25, 0.3) is 0 Å². The van der Waals surface area contributed by atoms with Crippen molar-refractivity contribution in [2.45, 2.75) is 0 Å². The summed E-state index contributed by atoms with van der Waals surface area (Å²) in [5.74, 6) is 0. The molecule has 18 heavy (non-hydrogen) atoms. The van der Waals surface area contributed by atoms with Crippen LogP contribution in [0.25, 0.3) is 11.0 Å². The third-order valence-corrected chi connectivity index (χ3v) is 2.58. The van der Waals surface area contributed by atoms with Gasteiger partial charge in [0.05, 0.1) is 11.0 Å². The van der Waals surface area contributed by atoms with E-state index < -0.39 is 17.8 Å². The van der Waals surface area contributed by atoms with E-state index in [1.807, 2.05) is 0 Å². The Hall–Kier alpha value is -2.57. The zero-order chi connectivity index (χ0) is 13.3. The minimum atomic E-state index is -0.699. The number of fused-ring (bicyclic) bond motifs is 1. The van der Waals surface area contributed by atoms with Gasteiger partial charge in [0, 0.05) is 14.1 Å². The summed E-state index contributed by atoms with van der Waals surface area (Å²) < 4.78 is 1.84. The van der Waals surface area contributed by atoms with Crippen LogP contribution < -0.4 is 16.3 Å². The lowest BCUT2D eigenvalue weighted by molar-refractivity contribution is 0.242. The zero-order valence-corrected chi connectivity index (χ0v) is 9.93. The molecule has 0 bridgehead atoms. The number of carbonyl (C=O) groups excluding carboxylic acids is 2. The van der Waals surface area contributed by atoms with Gasteiger partial charge in [-0.05, 0) is 12.1 Å². The van der Waals surface area contributed by atoms with E-state index in [9.17, 15) is 14.4 Å². The molecule has 0 aliphatic rings. The molecule has 2 aromatic rings. The highest BCUT2D eigenvalue weighted by Gasteiger charge is 2.20. The van der Waals surface area contributed by atoms with Gasteiger partial charge in [0.2, 0.25) is 0 Å². The highest BCUT2D eigenvalue weighted by molar-refractivity contribution is 5.95. The summed E-state index contributed by atoms with van der Waals surface area (Å²) in [7, 11) is 2.83. The Bertz CT molecular complexity index is 627. The third kappa shape index (κ3) is 1.56. The van der Waals surface area contributed by atoms with Crippen LogP contribution in [-0.2, 0) is 0 Å². The first-order valence-electron chi connectivity index (χ1n) is 5.28. The highest BCUT2D eigenvalue weighted by Crippen LogP contribution is 2.11. The Kier molecular flexibility index (Phi) is 2.88. The van der Waals surface area contributed by atoms with Crippen LogP contribution in [-0.4, -0.2) is 35.3 Å². The van der Waals surface area contributed by atoms with Crippen LogP contribution in [0.1, 0.15) is 0 Å². The molecule has 0 aliphatic heterocycles. The van der Waals surface area contributed by atoms with Crippen molar-refractivity contribution in [2.75, 3.05) is 14.1 Å². The molecule has 7 nitrogen and oxygen atoms in total. The van der Waals surface area contributed by atoms with Gasteiger partial charge in [-0.3, -0.25) is 0 Å². The average Bonchev–Trinajstić information content (AvgIpc) is 2.69. The summed E-state index contributed by atoms with van der Waals surface area (Å²) in [4.78, 5) is 35.5. The van der Waals surface area contributed by atoms with Crippen LogP contribution in [0.2, 0.25) is 0 Å². The number of hydrogen-bond donors (Lipinski definition) is 2. The van der Waals surface area contributed by atoms with Crippen LogP contribution in [0.15, 0.2) is 29.1 Å². The summed E-state index contributed by atoms with van der Waals surface area (Å²) in [5.41, 5.74) is 0.0609. The quantitative estimate of drug-likeness (QED) is 0.697. The number of imidazole rings is 1. The SMILES string of the molecule is CNC(=O)n1c(=O)n(C(=O)NC)c2ccccc21. The van der Waals surface area contributed by atoms with E-state index in [0.29, 0.717) is 11.0 Å². The lowest BCUT2D eigenvalue weighted by Crippen LogP contribution is -2.39. The largest absolute Gasteiger partial charge is 0.345 e. The Labute approximate surface area is 102 Å². The van der Waals surface area contributed by atoms with Gasteiger partial charge in [0.1, 0.15) is 0 Å². The van der Waals surface area contributed by atoms with Gasteiger partial charge < -0.3 is 10.6 Å². The van der Waals surface area contributed by atoms with E-state index in [2.05, 4.69) is 10.6 Å². The van der Waals surface area contributed by atoms with Crippen molar-refractivity contribution < 1.29 is 9.59 Å². The molecule has 1 heterocycles. The minimum absolute atomic E-state index is 0.380. The van der Waals surface area contributed by atoms with Crippen LogP contribution in [0.4, 0.5) is 9.59 Å². The molecule has 7 heteroatoms. The third-order valence-electron chi connectivity index (χ3n) is 2.58. The number of benzene rings is 1. The van der Waals surface area contributed by atoms with Crippen molar-refractivity contribution >= 4 is 23.1 Å². The Morgan fingerprint density at radius 2 is 1.33 bits per heavy atom. The first-order chi connectivity index (χ1) is 8.61. The number of rotatable bonds is 0. The maximum atomic E-state index is 12.1. The van der Waals surface area contributed by atoms with Gasteiger partial charge in [-0.1, -0.05) is 12.1 Å². The molecule has 0 spiro atoms. The standard InChI is InChI=1S/C11H12N4O3/c1-12-9(16)14-7-5-3-4-6-8(7)15(11(14)18)10(17)13-2/h3-6H,1-2H3,(H,12,16)(H,13,17). The maximum absolute atomic E-state index is 12.1. The van der Waals surface area contributed by atoms with E-state index >= 15 is 0 Å². The van der Waals surface area contributed by atoms with Crippen molar-refractivity contribution in [3.05, 3.63) is 34.7 Å². The fourth-order valence-electron chi connectivity index (χ4n) is 1.76. The van der Waals surface area contributed by atoms with E-state index in [-0.39, 0.29) is 0 Å². The van der Waals surface area contributed by atoms with E-state index in [1.54, 1.807) is 24.3 Å². The van der Waals surface area contributed by atoms with Gasteiger partial charge in [-0.25, -0.2) is 23.5 Å². The number of nitrogens with zero attached hydrogens (tertiary/aromatic N) is 2. The molecule has 2 amide bonds. The number of carbonyl (C=O) groups is 2. The second-order valence-electron chi connectivity index (χ2n) is 3.55. The van der Waals surface area contributed by atoms with Crippen LogP contribution in [0, 0.1) is 0 Å². The van der Waals surface area contributed by atoms with E-state index in [1.165, 1.54) is 14.1 Å². The van der Waals surface area contributed by atoms with Crippen molar-refractivity contribution in [3.63, 3.8) is 0 Å². The molecule has 1 aromatic carbocycles. The molecular formula is C11H12N4O3. The lowest BCUT2D eigenvalue weighted by Gasteiger charge is -1.99.